The fraction of sp³-hybridized carbons (Fsp3) is 0.129. The normalized spacial score (nSPS) is 13.8. The summed E-state index contributed by atoms with van der Waals surface area (Å²) in [7, 11) is 0. The number of aromatic nitrogens is 6. The minimum atomic E-state index is -2.50. The second-order valence-electron chi connectivity index (χ2n) is 16.2. The maximum absolute atomic E-state index is 7.50. The van der Waals surface area contributed by atoms with Crippen molar-refractivity contribution in [2.75, 3.05) is 0 Å². The van der Waals surface area contributed by atoms with Gasteiger partial charge in [0.05, 0.1) is 16.7 Å². The van der Waals surface area contributed by atoms with Crippen LogP contribution in [0.5, 0.6) is 0 Å². The molecule has 0 aliphatic carbocycles. The first kappa shape index (κ1) is 38.4. The number of nitrogens with zero attached hydrogens (tertiary/aromatic N) is 6. The molecule has 4 aromatic carbocycles. The van der Waals surface area contributed by atoms with Crippen molar-refractivity contribution < 1.29 is 65.5 Å². The van der Waals surface area contributed by atoms with E-state index in [1.165, 1.54) is 17.7 Å². The molecule has 8 heterocycles. The molecule has 8 aromatic heterocycles. The Kier molecular flexibility index (Phi) is 12.9. The van der Waals surface area contributed by atoms with Crippen molar-refractivity contribution in [2.24, 2.45) is 0 Å². The van der Waals surface area contributed by atoms with E-state index in [1.54, 1.807) is 60.9 Å². The van der Waals surface area contributed by atoms with Crippen LogP contribution in [0.1, 0.15) is 69.6 Å². The van der Waals surface area contributed by atoms with E-state index in [9.17, 15) is 0 Å². The molecule has 2 radical (unpaired) electrons. The van der Waals surface area contributed by atoms with Gasteiger partial charge in [-0.15, -0.1) is 108 Å². The summed E-state index contributed by atoms with van der Waals surface area (Å²) in [5.41, 5.74) is 11.1. The van der Waals surface area contributed by atoms with Crippen LogP contribution in [0.3, 0.4) is 0 Å². The van der Waals surface area contributed by atoms with Crippen LogP contribution < -0.4 is 0 Å². The summed E-state index contributed by atoms with van der Waals surface area (Å²) >= 11 is 0. The molecule has 0 spiro atoms. The van der Waals surface area contributed by atoms with Crippen molar-refractivity contribution >= 4 is 44.1 Å². The molecule has 8 nitrogen and oxygen atoms in total. The molecule has 72 heavy (non-hydrogen) atoms. The summed E-state index contributed by atoms with van der Waals surface area (Å²) in [4.78, 5) is 25.7. The zero-order valence-electron chi connectivity index (χ0n) is 50.9. The third kappa shape index (κ3) is 12.0. The standard InChI is InChI=1S/C20H17N2O.C16H9N2O.2C13H12N.2Ir/c1-12(2)14-8-10-22-18-16-6-4-5-15(19(16)23-20(14)18)17-11-13(3)7-9-21-17;1-2-8-17-14(5-1)11-6-7-12-13-4-3-9-18-16(13)19-15(12)10-11;2*1-10-8-13(14-9-11(10)2)12-6-4-3-5-7-12;;/h4,6-12H,1-3H3;1-5,7-10H;2*3-6,8-9H,1-2H3;;/q4*-1;;/i;;2*1D3,2D3;;. The summed E-state index contributed by atoms with van der Waals surface area (Å²) in [6.07, 6.45) is 9.41. The van der Waals surface area contributed by atoms with Crippen molar-refractivity contribution in [3.63, 3.8) is 0 Å². The molecule has 0 saturated carbocycles. The minimum absolute atomic E-state index is 0. The first-order valence-electron chi connectivity index (χ1n) is 28.2. The fourth-order valence-electron chi connectivity index (χ4n) is 7.49. The van der Waals surface area contributed by atoms with Crippen molar-refractivity contribution in [1.29, 1.82) is 0 Å². The number of pyridine rings is 6. The predicted molar refractivity (Wildman–Crippen MR) is 282 cm³/mol. The van der Waals surface area contributed by atoms with Gasteiger partial charge in [0.25, 0.3) is 0 Å². The van der Waals surface area contributed by atoms with E-state index in [0.717, 1.165) is 78.9 Å². The Bertz CT molecular complexity index is 4060. The molecule has 362 valence electrons. The quantitative estimate of drug-likeness (QED) is 0.157. The number of hydrogen-bond acceptors (Lipinski definition) is 8. The van der Waals surface area contributed by atoms with Crippen LogP contribution in [0.15, 0.2) is 179 Å². The van der Waals surface area contributed by atoms with Crippen LogP contribution in [0.4, 0.5) is 0 Å². The summed E-state index contributed by atoms with van der Waals surface area (Å²) < 4.78 is 101. The number of fused-ring (bicyclic) bond motifs is 6. The average Bonchev–Trinajstić information content (AvgIpc) is 2.22. The van der Waals surface area contributed by atoms with Crippen molar-refractivity contribution in [3.8, 4) is 45.0 Å². The molecule has 12 rings (SSSR count). The smallest absolute Gasteiger partial charge is 0.215 e. The molecule has 0 fully saturated rings. The molecular formula is C62H50Ir2N6O2-4. The van der Waals surface area contributed by atoms with Crippen LogP contribution in [0.2, 0.25) is 0 Å². The molecule has 10 heteroatoms. The third-order valence-electron chi connectivity index (χ3n) is 11.0. The third-order valence-corrected chi connectivity index (χ3v) is 11.0. The molecule has 0 saturated heterocycles. The van der Waals surface area contributed by atoms with Crippen LogP contribution in [0.25, 0.3) is 89.2 Å². The molecule has 0 N–H and O–H groups in total. The predicted octanol–water partition coefficient (Wildman–Crippen LogP) is 15.4. The number of hydrogen-bond donors (Lipinski definition) is 0. The Hall–Kier alpha value is -7.32. The topological polar surface area (TPSA) is 104 Å². The minimum Gasteiger partial charge on any atom is -0.499 e. The molecule has 0 atom stereocenters. The van der Waals surface area contributed by atoms with Gasteiger partial charge < -0.3 is 28.8 Å². The molecule has 12 aromatic rings. The van der Waals surface area contributed by atoms with E-state index in [2.05, 4.69) is 81.0 Å². The summed E-state index contributed by atoms with van der Waals surface area (Å²) in [5.74, 6) is 0.380. The second-order valence-corrected chi connectivity index (χ2v) is 16.2. The van der Waals surface area contributed by atoms with Gasteiger partial charge in [-0.1, -0.05) is 84.0 Å². The Morgan fingerprint density at radius 2 is 1.15 bits per heavy atom. The zero-order chi connectivity index (χ0) is 58.6. The van der Waals surface area contributed by atoms with Crippen LogP contribution in [0, 0.1) is 58.6 Å². The zero-order valence-corrected chi connectivity index (χ0v) is 43.7. The second kappa shape index (κ2) is 24.2. The maximum atomic E-state index is 7.50. The van der Waals surface area contributed by atoms with Crippen molar-refractivity contribution in [1.82, 2.24) is 29.9 Å². The first-order valence-corrected chi connectivity index (χ1v) is 22.2. The molecule has 0 aliphatic heterocycles. The van der Waals surface area contributed by atoms with Gasteiger partial charge in [-0.2, -0.15) is 0 Å². The van der Waals surface area contributed by atoms with E-state index in [-0.39, 0.29) is 62.5 Å². The Labute approximate surface area is 464 Å². The van der Waals surface area contributed by atoms with Gasteiger partial charge in [-0.25, -0.2) is 4.98 Å². The summed E-state index contributed by atoms with van der Waals surface area (Å²) in [5, 5.41) is 3.06. The molecule has 0 bridgehead atoms. The summed E-state index contributed by atoms with van der Waals surface area (Å²) in [6.45, 7) is -3.63. The number of benzene rings is 4. The van der Waals surface area contributed by atoms with Crippen LogP contribution in [-0.4, -0.2) is 29.9 Å². The van der Waals surface area contributed by atoms with Crippen molar-refractivity contribution in [2.45, 2.75) is 54.1 Å². The number of aryl methyl sites for hydroxylation is 5. The van der Waals surface area contributed by atoms with Gasteiger partial charge in [-0.05, 0) is 109 Å². The van der Waals surface area contributed by atoms with Crippen LogP contribution in [-0.2, 0) is 40.2 Å². The van der Waals surface area contributed by atoms with Gasteiger partial charge in [0, 0.05) is 99.2 Å². The fourth-order valence-corrected chi connectivity index (χ4v) is 7.49. The maximum Gasteiger partial charge on any atom is 0.215 e. The van der Waals surface area contributed by atoms with E-state index in [4.69, 9.17) is 25.3 Å². The largest absolute Gasteiger partial charge is 0.499 e. The Balaban J connectivity index is 0.000000160. The summed E-state index contributed by atoms with van der Waals surface area (Å²) in [6, 6.07) is 52.6. The van der Waals surface area contributed by atoms with Gasteiger partial charge >= 0.3 is 0 Å². The van der Waals surface area contributed by atoms with E-state index < -0.39 is 27.4 Å². The van der Waals surface area contributed by atoms with E-state index in [0.29, 0.717) is 34.1 Å². The van der Waals surface area contributed by atoms with E-state index in [1.807, 2.05) is 79.1 Å². The Morgan fingerprint density at radius 3 is 1.78 bits per heavy atom. The molecule has 0 amide bonds. The van der Waals surface area contributed by atoms with Gasteiger partial charge in [0.2, 0.25) is 5.71 Å². The first-order chi connectivity index (χ1) is 39.0. The van der Waals surface area contributed by atoms with Crippen LogP contribution >= 0.6 is 0 Å². The SMILES string of the molecule is Cc1ccnc(-c2[c-]ccc3c2oc2c(C(C)C)ccnc23)c1.[2H]C([2H])([2H])c1cnc(-c2[c-]cccc2)cc1C([2H])([2H])[2H].[2H]C([2H])([2H])c1cnc(-c2[c-]cccc2)cc1C([2H])([2H])[2H].[Ir].[Ir].[c-]1cc2c(cc1-c1ccccn1)oc1ncccc12. The van der Waals surface area contributed by atoms with Gasteiger partial charge in [-0.3, -0.25) is 4.98 Å². The molecule has 0 aliphatic rings. The monoisotopic (exact) mass is 1310 g/mol. The van der Waals surface area contributed by atoms with E-state index >= 15 is 0 Å². The number of rotatable bonds is 5. The molecular weight excluding hydrogens is 1250 g/mol. The van der Waals surface area contributed by atoms with Gasteiger partial charge in [0.1, 0.15) is 5.58 Å². The number of furan rings is 2. The average molecular weight is 1310 g/mol. The Morgan fingerprint density at radius 1 is 0.486 bits per heavy atom. The van der Waals surface area contributed by atoms with Gasteiger partial charge in [0.15, 0.2) is 0 Å². The molecule has 0 unspecified atom stereocenters. The van der Waals surface area contributed by atoms with Crippen molar-refractivity contribution in [3.05, 3.63) is 228 Å².